The van der Waals surface area contributed by atoms with Gasteiger partial charge in [-0.1, -0.05) is 0 Å². The van der Waals surface area contributed by atoms with E-state index < -0.39 is 0 Å². The summed E-state index contributed by atoms with van der Waals surface area (Å²) in [4.78, 5) is 0. The van der Waals surface area contributed by atoms with Gasteiger partial charge in [-0.3, -0.25) is 0 Å². The van der Waals surface area contributed by atoms with Gasteiger partial charge in [-0.15, -0.1) is 16.9 Å². The monoisotopic (exact) mass is 142 g/mol. The summed E-state index contributed by atoms with van der Waals surface area (Å²) in [7, 11) is 0. The van der Waals surface area contributed by atoms with Gasteiger partial charge in [0.1, 0.15) is 5.69 Å². The number of aromatic nitrogens is 3. The first kappa shape index (κ1) is 5.10. The third-order valence-electron chi connectivity index (χ3n) is 1.20. The van der Waals surface area contributed by atoms with E-state index in [0.717, 1.165) is 23.1 Å². The van der Waals surface area contributed by atoms with E-state index in [9.17, 15) is 0 Å². The van der Waals surface area contributed by atoms with Gasteiger partial charge in [-0.25, -0.2) is 0 Å². The molecule has 0 amide bonds. The topological polar surface area (TPSA) is 53.6 Å². The number of rotatable bonds is 0. The summed E-state index contributed by atoms with van der Waals surface area (Å²) in [6.07, 6.45) is 0. The second-order valence-electron chi connectivity index (χ2n) is 1.79. The molecule has 0 spiro atoms. The van der Waals surface area contributed by atoms with Crippen LogP contribution < -0.4 is 5.32 Å². The van der Waals surface area contributed by atoms with Gasteiger partial charge < -0.3 is 5.32 Å². The minimum atomic E-state index is 0.911. The van der Waals surface area contributed by atoms with Crippen molar-refractivity contribution in [1.29, 1.82) is 0 Å². The molecular formula is C4H6N4S. The molecule has 0 radical (unpaired) electrons. The lowest BCUT2D eigenvalue weighted by molar-refractivity contribution is 0.928. The fourth-order valence-electron chi connectivity index (χ4n) is 0.762. The molecule has 2 heterocycles. The van der Waals surface area contributed by atoms with Crippen molar-refractivity contribution in [1.82, 2.24) is 15.4 Å². The van der Waals surface area contributed by atoms with Gasteiger partial charge in [0, 0.05) is 5.75 Å². The Kier molecular flexibility index (Phi) is 1.08. The molecule has 0 aliphatic carbocycles. The molecule has 1 aromatic heterocycles. The number of thioether (sulfide) groups is 1. The highest BCUT2D eigenvalue weighted by atomic mass is 32.2. The molecular weight excluding hydrogens is 136 g/mol. The van der Waals surface area contributed by atoms with E-state index in [-0.39, 0.29) is 0 Å². The highest BCUT2D eigenvalue weighted by Gasteiger charge is 2.10. The average Bonchev–Trinajstić information content (AvgIpc) is 2.33. The lowest BCUT2D eigenvalue weighted by Crippen LogP contribution is -2.05. The minimum absolute atomic E-state index is 0.911. The second-order valence-corrected chi connectivity index (χ2v) is 2.77. The van der Waals surface area contributed by atoms with Crippen LogP contribution in [-0.2, 0) is 5.75 Å². The van der Waals surface area contributed by atoms with Gasteiger partial charge in [0.05, 0.1) is 5.88 Å². The van der Waals surface area contributed by atoms with E-state index >= 15 is 0 Å². The fourth-order valence-corrected chi connectivity index (χ4v) is 1.50. The van der Waals surface area contributed by atoms with Crippen LogP contribution in [0.15, 0.2) is 0 Å². The first-order valence-corrected chi connectivity index (χ1v) is 3.83. The quantitative estimate of drug-likeness (QED) is 0.551. The van der Waals surface area contributed by atoms with Crippen molar-refractivity contribution >= 4 is 17.6 Å². The third kappa shape index (κ3) is 0.769. The van der Waals surface area contributed by atoms with Crippen molar-refractivity contribution in [3.63, 3.8) is 0 Å². The fraction of sp³-hybridized carbons (Fsp3) is 0.500. The predicted molar refractivity (Wildman–Crippen MR) is 36.2 cm³/mol. The van der Waals surface area contributed by atoms with E-state index in [0.29, 0.717) is 0 Å². The summed E-state index contributed by atoms with van der Waals surface area (Å²) in [5, 5.41) is 13.5. The summed E-state index contributed by atoms with van der Waals surface area (Å²) in [6.45, 7) is 0. The number of H-pyrrole nitrogens is 1. The number of fused-ring (bicyclic) bond motifs is 1. The van der Waals surface area contributed by atoms with Crippen LogP contribution in [0.5, 0.6) is 0 Å². The lowest BCUT2D eigenvalue weighted by Gasteiger charge is -2.08. The van der Waals surface area contributed by atoms with E-state index in [1.165, 1.54) is 0 Å². The average molecular weight is 142 g/mol. The zero-order valence-electron chi connectivity index (χ0n) is 4.72. The number of nitrogens with one attached hydrogen (secondary N) is 2. The molecule has 0 fully saturated rings. The van der Waals surface area contributed by atoms with Crippen LogP contribution in [0.25, 0.3) is 0 Å². The lowest BCUT2D eigenvalue weighted by atomic mass is 10.5. The summed E-state index contributed by atoms with van der Waals surface area (Å²) >= 11 is 1.81. The molecule has 0 saturated carbocycles. The van der Waals surface area contributed by atoms with Gasteiger partial charge in [-0.05, 0) is 0 Å². The molecule has 0 bridgehead atoms. The maximum atomic E-state index is 3.94. The highest BCUT2D eigenvalue weighted by Crippen LogP contribution is 2.21. The summed E-state index contributed by atoms with van der Waals surface area (Å²) < 4.78 is 0. The zero-order chi connectivity index (χ0) is 6.10. The summed E-state index contributed by atoms with van der Waals surface area (Å²) in [5.74, 6) is 2.83. The van der Waals surface area contributed by atoms with Crippen LogP contribution in [0.1, 0.15) is 5.69 Å². The third-order valence-corrected chi connectivity index (χ3v) is 2.03. The second kappa shape index (κ2) is 1.91. The maximum Gasteiger partial charge on any atom is 0.173 e. The maximum absolute atomic E-state index is 3.94. The van der Waals surface area contributed by atoms with Crippen LogP contribution in [-0.4, -0.2) is 21.3 Å². The molecule has 48 valence electrons. The molecule has 0 saturated heterocycles. The molecule has 0 aromatic carbocycles. The van der Waals surface area contributed by atoms with Crippen LogP contribution in [0.3, 0.4) is 0 Å². The van der Waals surface area contributed by atoms with Crippen LogP contribution >= 0.6 is 11.8 Å². The molecule has 1 aliphatic rings. The Morgan fingerprint density at radius 1 is 1.44 bits per heavy atom. The van der Waals surface area contributed by atoms with Crippen molar-refractivity contribution in [3.05, 3.63) is 5.69 Å². The Hall–Kier alpha value is -0.710. The molecule has 0 unspecified atom stereocenters. The first-order chi connectivity index (χ1) is 4.47. The molecule has 2 N–H and O–H groups in total. The van der Waals surface area contributed by atoms with Gasteiger partial charge in [0.2, 0.25) is 0 Å². The van der Waals surface area contributed by atoms with Gasteiger partial charge in [0.15, 0.2) is 5.82 Å². The number of hydrogen-bond acceptors (Lipinski definition) is 4. The largest absolute Gasteiger partial charge is 0.358 e. The Bertz CT molecular complexity index is 188. The van der Waals surface area contributed by atoms with Crippen LogP contribution in [0.2, 0.25) is 0 Å². The molecule has 4 nitrogen and oxygen atoms in total. The van der Waals surface area contributed by atoms with Gasteiger partial charge in [-0.2, -0.15) is 10.3 Å². The number of aromatic amines is 1. The zero-order valence-corrected chi connectivity index (χ0v) is 5.53. The van der Waals surface area contributed by atoms with E-state index in [4.69, 9.17) is 0 Å². The Balaban J connectivity index is 2.39. The Morgan fingerprint density at radius 2 is 2.44 bits per heavy atom. The van der Waals surface area contributed by atoms with Crippen molar-refractivity contribution in [2.45, 2.75) is 5.75 Å². The smallest absolute Gasteiger partial charge is 0.173 e. The Morgan fingerprint density at radius 3 is 3.33 bits per heavy atom. The van der Waals surface area contributed by atoms with Crippen LogP contribution in [0, 0.1) is 0 Å². The van der Waals surface area contributed by atoms with Gasteiger partial charge in [0.25, 0.3) is 0 Å². The predicted octanol–water partition coefficient (Wildman–Crippen LogP) is 0.421. The van der Waals surface area contributed by atoms with Gasteiger partial charge >= 0.3 is 0 Å². The molecule has 1 aromatic rings. The normalized spacial score (nSPS) is 16.4. The number of hydrogen-bond donors (Lipinski definition) is 2. The molecule has 9 heavy (non-hydrogen) atoms. The highest BCUT2D eigenvalue weighted by molar-refractivity contribution is 7.98. The summed E-state index contributed by atoms with van der Waals surface area (Å²) in [5.41, 5.74) is 1.03. The van der Waals surface area contributed by atoms with Crippen molar-refractivity contribution in [3.8, 4) is 0 Å². The number of anilines is 1. The van der Waals surface area contributed by atoms with Crippen LogP contribution in [0.4, 0.5) is 5.82 Å². The first-order valence-electron chi connectivity index (χ1n) is 2.68. The molecule has 2 rings (SSSR count). The SMILES string of the molecule is C1Nc2n[nH]nc2CS1. The molecule has 5 heteroatoms. The summed E-state index contributed by atoms with van der Waals surface area (Å²) in [6, 6.07) is 0. The molecule has 0 atom stereocenters. The van der Waals surface area contributed by atoms with Crippen molar-refractivity contribution in [2.24, 2.45) is 0 Å². The van der Waals surface area contributed by atoms with E-state index in [1.807, 2.05) is 11.8 Å². The Labute approximate surface area is 56.4 Å². The van der Waals surface area contributed by atoms with E-state index in [2.05, 4.69) is 20.7 Å². The number of nitrogens with zero attached hydrogens (tertiary/aromatic N) is 2. The van der Waals surface area contributed by atoms with E-state index in [1.54, 1.807) is 0 Å². The van der Waals surface area contributed by atoms with Crippen molar-refractivity contribution < 1.29 is 0 Å². The standard InChI is InChI=1S/C4H6N4S/c1-3-4(5-2-9-1)7-8-6-3/h1-2H2,(H2,5,6,7,8). The minimum Gasteiger partial charge on any atom is -0.358 e. The van der Waals surface area contributed by atoms with Crippen molar-refractivity contribution in [2.75, 3.05) is 11.2 Å². The molecule has 1 aliphatic heterocycles.